The molecule has 82 valence electrons. The maximum absolute atomic E-state index is 11.3. The van der Waals surface area contributed by atoms with Crippen LogP contribution in [0.4, 0.5) is 5.69 Å². The molecule has 0 fully saturated rings. The molecule has 0 bridgehead atoms. The second-order valence-corrected chi connectivity index (χ2v) is 3.04. The van der Waals surface area contributed by atoms with Crippen molar-refractivity contribution in [1.29, 1.82) is 0 Å². The van der Waals surface area contributed by atoms with E-state index in [1.54, 1.807) is 0 Å². The minimum absolute atomic E-state index is 0.169. The number of hydrogen-bond donors (Lipinski definition) is 1. The zero-order chi connectivity index (χ0) is 11.7. The number of ether oxygens (including phenoxy) is 1. The molecule has 0 saturated carbocycles. The van der Waals surface area contributed by atoms with Gasteiger partial charge in [0.05, 0.1) is 17.6 Å². The molecule has 0 spiro atoms. The van der Waals surface area contributed by atoms with E-state index in [9.17, 15) is 14.9 Å². The molecule has 0 aliphatic carbocycles. The largest absolute Gasteiger partial charge is 0.465 e. The zero-order valence-electron chi connectivity index (χ0n) is 8.26. The van der Waals surface area contributed by atoms with E-state index >= 15 is 0 Å². The predicted octanol–water partition coefficient (Wildman–Crippen LogP) is 1.26. The third kappa shape index (κ3) is 1.48. The molecule has 2 rings (SSSR count). The van der Waals surface area contributed by atoms with Crippen LogP contribution in [0, 0.1) is 10.1 Å². The lowest BCUT2D eigenvalue weighted by atomic mass is 10.2. The van der Waals surface area contributed by atoms with Gasteiger partial charge < -0.3 is 9.72 Å². The Hall–Kier alpha value is -2.44. The van der Waals surface area contributed by atoms with Crippen molar-refractivity contribution in [2.75, 3.05) is 7.11 Å². The number of nitrogens with zero attached hydrogens (tertiary/aromatic N) is 2. The van der Waals surface area contributed by atoms with Crippen molar-refractivity contribution < 1.29 is 14.5 Å². The highest BCUT2D eigenvalue weighted by atomic mass is 16.6. The first-order valence-corrected chi connectivity index (χ1v) is 4.33. The molecule has 0 unspecified atom stereocenters. The molecular weight excluding hydrogens is 214 g/mol. The number of nitrogens with one attached hydrogen (secondary N) is 1. The van der Waals surface area contributed by atoms with E-state index in [0.717, 1.165) is 6.20 Å². The van der Waals surface area contributed by atoms with Crippen molar-refractivity contribution in [1.82, 2.24) is 9.97 Å². The molecule has 16 heavy (non-hydrogen) atoms. The lowest BCUT2D eigenvalue weighted by molar-refractivity contribution is -0.385. The molecule has 2 aromatic rings. The van der Waals surface area contributed by atoms with Crippen molar-refractivity contribution >= 4 is 22.7 Å². The summed E-state index contributed by atoms with van der Waals surface area (Å²) in [6.45, 7) is 0. The van der Waals surface area contributed by atoms with Crippen LogP contribution in [-0.2, 0) is 4.74 Å². The Morgan fingerprint density at radius 3 is 3.00 bits per heavy atom. The average Bonchev–Trinajstić information content (AvgIpc) is 2.70. The molecule has 7 nitrogen and oxygen atoms in total. The van der Waals surface area contributed by atoms with Crippen LogP contribution < -0.4 is 0 Å². The van der Waals surface area contributed by atoms with Crippen molar-refractivity contribution in [3.8, 4) is 0 Å². The van der Waals surface area contributed by atoms with E-state index in [2.05, 4.69) is 14.7 Å². The molecule has 0 atom stereocenters. The average molecular weight is 221 g/mol. The van der Waals surface area contributed by atoms with Crippen molar-refractivity contribution in [3.63, 3.8) is 0 Å². The minimum Gasteiger partial charge on any atom is -0.465 e. The van der Waals surface area contributed by atoms with Crippen LogP contribution in [0.3, 0.4) is 0 Å². The van der Waals surface area contributed by atoms with Crippen LogP contribution in [0.1, 0.15) is 10.4 Å². The molecule has 0 radical (unpaired) electrons. The van der Waals surface area contributed by atoms with Crippen LogP contribution in [0.2, 0.25) is 0 Å². The Labute approximate surface area is 89.2 Å². The van der Waals surface area contributed by atoms with Crippen LogP contribution in [0.25, 0.3) is 11.0 Å². The van der Waals surface area contributed by atoms with Crippen LogP contribution >= 0.6 is 0 Å². The number of aromatic amines is 1. The highest BCUT2D eigenvalue weighted by molar-refractivity contribution is 6.03. The Balaban J connectivity index is 2.64. The smallest absolute Gasteiger partial charge is 0.340 e. The van der Waals surface area contributed by atoms with Gasteiger partial charge in [-0.1, -0.05) is 0 Å². The highest BCUT2D eigenvalue weighted by Gasteiger charge is 2.16. The first-order chi connectivity index (χ1) is 7.63. The number of methoxy groups -OCH3 is 1. The van der Waals surface area contributed by atoms with Crippen molar-refractivity contribution in [2.24, 2.45) is 0 Å². The predicted molar refractivity (Wildman–Crippen MR) is 54.1 cm³/mol. The second kappa shape index (κ2) is 3.61. The number of carbonyl (C=O) groups excluding carboxylic acids is 1. The highest BCUT2D eigenvalue weighted by Crippen LogP contribution is 2.21. The lowest BCUT2D eigenvalue weighted by Crippen LogP contribution is -1.99. The van der Waals surface area contributed by atoms with E-state index in [-0.39, 0.29) is 11.3 Å². The van der Waals surface area contributed by atoms with Crippen LogP contribution in [0.5, 0.6) is 0 Å². The maximum atomic E-state index is 11.3. The number of aromatic nitrogens is 2. The maximum Gasteiger partial charge on any atom is 0.340 e. The normalized spacial score (nSPS) is 10.3. The molecule has 7 heteroatoms. The van der Waals surface area contributed by atoms with Crippen LogP contribution in [0.15, 0.2) is 18.5 Å². The first kappa shape index (κ1) is 10.1. The number of nitro groups is 1. The van der Waals surface area contributed by atoms with E-state index in [1.165, 1.54) is 19.4 Å². The standard InChI is InChI=1S/C9H7N3O4/c1-16-9(13)7-4-11-8-6(7)2-5(3-10-8)12(14)15/h2-4H,1H3,(H,10,11). The summed E-state index contributed by atoms with van der Waals surface area (Å²) in [4.78, 5) is 27.9. The lowest BCUT2D eigenvalue weighted by Gasteiger charge is -1.96. The monoisotopic (exact) mass is 221 g/mol. The van der Waals surface area contributed by atoms with Gasteiger partial charge in [0, 0.05) is 17.6 Å². The fraction of sp³-hybridized carbons (Fsp3) is 0.111. The van der Waals surface area contributed by atoms with Gasteiger partial charge in [-0.25, -0.2) is 9.78 Å². The number of rotatable bonds is 2. The number of hydrogen-bond acceptors (Lipinski definition) is 5. The second-order valence-electron chi connectivity index (χ2n) is 3.04. The van der Waals surface area contributed by atoms with E-state index < -0.39 is 10.9 Å². The van der Waals surface area contributed by atoms with E-state index in [4.69, 9.17) is 0 Å². The molecule has 2 aromatic heterocycles. The van der Waals surface area contributed by atoms with Gasteiger partial charge in [-0.05, 0) is 0 Å². The summed E-state index contributed by atoms with van der Waals surface area (Å²) in [5.41, 5.74) is 0.469. The molecule has 2 heterocycles. The number of fused-ring (bicyclic) bond motifs is 1. The van der Waals surface area contributed by atoms with E-state index in [1.807, 2.05) is 0 Å². The van der Waals surface area contributed by atoms with Crippen molar-refractivity contribution in [3.05, 3.63) is 34.1 Å². The number of H-pyrrole nitrogens is 1. The summed E-state index contributed by atoms with van der Waals surface area (Å²) in [5, 5.41) is 10.9. The van der Waals surface area contributed by atoms with Gasteiger partial charge in [0.25, 0.3) is 5.69 Å². The number of esters is 1. The molecule has 0 aliphatic rings. The summed E-state index contributed by atoms with van der Waals surface area (Å²) >= 11 is 0. The number of carbonyl (C=O) groups is 1. The summed E-state index contributed by atoms with van der Waals surface area (Å²) in [6.07, 6.45) is 2.53. The SMILES string of the molecule is COC(=O)c1c[nH]c2ncc([N+](=O)[O-])cc12. The Kier molecular flexibility index (Phi) is 2.28. The van der Waals surface area contributed by atoms with Gasteiger partial charge in [-0.3, -0.25) is 10.1 Å². The van der Waals surface area contributed by atoms with Gasteiger partial charge >= 0.3 is 5.97 Å². The third-order valence-corrected chi connectivity index (χ3v) is 2.13. The molecule has 1 N–H and O–H groups in total. The molecular formula is C9H7N3O4. The summed E-state index contributed by atoms with van der Waals surface area (Å²) in [6, 6.07) is 1.28. The van der Waals surface area contributed by atoms with Gasteiger partial charge in [-0.15, -0.1) is 0 Å². The van der Waals surface area contributed by atoms with Gasteiger partial charge in [0.1, 0.15) is 11.8 Å². The first-order valence-electron chi connectivity index (χ1n) is 4.33. The summed E-state index contributed by atoms with van der Waals surface area (Å²) in [7, 11) is 1.24. The zero-order valence-corrected chi connectivity index (χ0v) is 8.26. The quantitative estimate of drug-likeness (QED) is 0.467. The molecule has 0 amide bonds. The summed E-state index contributed by atoms with van der Waals surface area (Å²) < 4.78 is 4.55. The minimum atomic E-state index is -0.569. The van der Waals surface area contributed by atoms with Gasteiger partial charge in [-0.2, -0.15) is 0 Å². The van der Waals surface area contributed by atoms with Gasteiger partial charge in [0.15, 0.2) is 0 Å². The Morgan fingerprint density at radius 2 is 2.38 bits per heavy atom. The molecule has 0 aromatic carbocycles. The fourth-order valence-corrected chi connectivity index (χ4v) is 1.37. The van der Waals surface area contributed by atoms with Crippen LogP contribution in [-0.4, -0.2) is 28.0 Å². The van der Waals surface area contributed by atoms with E-state index in [0.29, 0.717) is 11.0 Å². The van der Waals surface area contributed by atoms with Crippen molar-refractivity contribution in [2.45, 2.75) is 0 Å². The third-order valence-electron chi connectivity index (χ3n) is 2.13. The summed E-state index contributed by atoms with van der Waals surface area (Å²) in [5.74, 6) is -0.562. The molecule has 0 aliphatic heterocycles. The number of pyridine rings is 1. The fourth-order valence-electron chi connectivity index (χ4n) is 1.37. The van der Waals surface area contributed by atoms with Gasteiger partial charge in [0.2, 0.25) is 0 Å². The Bertz CT molecular complexity index is 575. The topological polar surface area (TPSA) is 98.1 Å². The molecule has 0 saturated heterocycles. The Morgan fingerprint density at radius 1 is 1.62 bits per heavy atom.